The summed E-state index contributed by atoms with van der Waals surface area (Å²) in [6, 6.07) is 7.79. The van der Waals surface area contributed by atoms with E-state index in [0.29, 0.717) is 0 Å². The number of hydrogen-bond donors (Lipinski definition) is 0. The Kier molecular flexibility index (Phi) is 2.63. The standard InChI is InChI=1S/C10H13ClO/c1-10(2,11)8-4-6-9(12-3)7-5-8/h4-7H,1-3H3. The highest BCUT2D eigenvalue weighted by Gasteiger charge is 2.15. The minimum absolute atomic E-state index is 0.299. The van der Waals surface area contributed by atoms with Gasteiger partial charge in [-0.3, -0.25) is 0 Å². The van der Waals surface area contributed by atoms with Crippen molar-refractivity contribution in [2.75, 3.05) is 7.11 Å². The van der Waals surface area contributed by atoms with Crippen LogP contribution in [0.15, 0.2) is 24.3 Å². The molecule has 0 aliphatic rings. The third-order valence-corrected chi connectivity index (χ3v) is 1.99. The highest BCUT2D eigenvalue weighted by Crippen LogP contribution is 2.28. The number of ether oxygens (including phenoxy) is 1. The molecule has 0 saturated carbocycles. The fraction of sp³-hybridized carbons (Fsp3) is 0.400. The van der Waals surface area contributed by atoms with Gasteiger partial charge in [0, 0.05) is 0 Å². The number of alkyl halides is 1. The van der Waals surface area contributed by atoms with E-state index < -0.39 is 0 Å². The number of methoxy groups -OCH3 is 1. The van der Waals surface area contributed by atoms with Crippen molar-refractivity contribution in [3.63, 3.8) is 0 Å². The molecular weight excluding hydrogens is 172 g/mol. The smallest absolute Gasteiger partial charge is 0.118 e. The van der Waals surface area contributed by atoms with Crippen LogP contribution in [0, 0.1) is 0 Å². The zero-order chi connectivity index (χ0) is 9.19. The molecule has 0 radical (unpaired) electrons. The molecule has 0 N–H and O–H groups in total. The lowest BCUT2D eigenvalue weighted by Crippen LogP contribution is -2.06. The van der Waals surface area contributed by atoms with Gasteiger partial charge in [-0.25, -0.2) is 0 Å². The first kappa shape index (κ1) is 9.40. The number of rotatable bonds is 2. The largest absolute Gasteiger partial charge is 0.497 e. The summed E-state index contributed by atoms with van der Waals surface area (Å²) in [6.07, 6.45) is 0. The Morgan fingerprint density at radius 3 is 2.00 bits per heavy atom. The molecule has 0 saturated heterocycles. The lowest BCUT2D eigenvalue weighted by molar-refractivity contribution is 0.414. The van der Waals surface area contributed by atoms with E-state index >= 15 is 0 Å². The van der Waals surface area contributed by atoms with Crippen LogP contribution < -0.4 is 4.74 Å². The molecule has 1 aromatic carbocycles. The number of hydrogen-bond acceptors (Lipinski definition) is 1. The summed E-state index contributed by atoms with van der Waals surface area (Å²) in [5.41, 5.74) is 1.10. The molecule has 0 aliphatic carbocycles. The van der Waals surface area contributed by atoms with Crippen LogP contribution >= 0.6 is 11.6 Å². The van der Waals surface area contributed by atoms with Gasteiger partial charge in [0.1, 0.15) is 5.75 Å². The monoisotopic (exact) mass is 184 g/mol. The van der Waals surface area contributed by atoms with Gasteiger partial charge in [0.15, 0.2) is 0 Å². The van der Waals surface area contributed by atoms with Crippen molar-refractivity contribution in [3.05, 3.63) is 29.8 Å². The molecule has 66 valence electrons. The number of halogens is 1. The summed E-state index contributed by atoms with van der Waals surface area (Å²) in [4.78, 5) is -0.299. The highest BCUT2D eigenvalue weighted by atomic mass is 35.5. The molecule has 0 aromatic heterocycles. The van der Waals surface area contributed by atoms with Crippen LogP contribution in [0.4, 0.5) is 0 Å². The van der Waals surface area contributed by atoms with Gasteiger partial charge in [-0.1, -0.05) is 12.1 Å². The van der Waals surface area contributed by atoms with E-state index in [-0.39, 0.29) is 4.87 Å². The molecular formula is C10H13ClO. The molecule has 0 aliphatic heterocycles. The minimum atomic E-state index is -0.299. The molecule has 0 bridgehead atoms. The van der Waals surface area contributed by atoms with Crippen molar-refractivity contribution in [1.29, 1.82) is 0 Å². The molecule has 0 amide bonds. The quantitative estimate of drug-likeness (QED) is 0.642. The van der Waals surface area contributed by atoms with Crippen LogP contribution in [0.25, 0.3) is 0 Å². The number of benzene rings is 1. The molecule has 12 heavy (non-hydrogen) atoms. The van der Waals surface area contributed by atoms with E-state index in [1.165, 1.54) is 0 Å². The van der Waals surface area contributed by atoms with E-state index in [1.807, 2.05) is 38.1 Å². The van der Waals surface area contributed by atoms with Gasteiger partial charge in [-0.2, -0.15) is 0 Å². The second kappa shape index (κ2) is 3.36. The zero-order valence-electron chi connectivity index (χ0n) is 7.60. The maximum absolute atomic E-state index is 6.11. The normalized spacial score (nSPS) is 11.3. The summed E-state index contributed by atoms with van der Waals surface area (Å²) in [5, 5.41) is 0. The summed E-state index contributed by atoms with van der Waals surface area (Å²) < 4.78 is 5.04. The second-order valence-electron chi connectivity index (χ2n) is 3.20. The first-order valence-corrected chi connectivity index (χ1v) is 4.25. The highest BCUT2D eigenvalue weighted by molar-refractivity contribution is 6.23. The summed E-state index contributed by atoms with van der Waals surface area (Å²) in [7, 11) is 1.65. The van der Waals surface area contributed by atoms with Crippen LogP contribution in [-0.4, -0.2) is 7.11 Å². The van der Waals surface area contributed by atoms with Crippen LogP contribution in [-0.2, 0) is 4.87 Å². The third-order valence-electron chi connectivity index (χ3n) is 1.78. The van der Waals surface area contributed by atoms with Gasteiger partial charge in [0.2, 0.25) is 0 Å². The Balaban J connectivity index is 2.93. The van der Waals surface area contributed by atoms with E-state index in [2.05, 4.69) is 0 Å². The van der Waals surface area contributed by atoms with Gasteiger partial charge in [0.25, 0.3) is 0 Å². The third kappa shape index (κ3) is 2.15. The first-order chi connectivity index (χ1) is 5.54. The molecule has 0 fully saturated rings. The SMILES string of the molecule is COc1ccc(C(C)(C)Cl)cc1. The molecule has 1 aromatic rings. The van der Waals surface area contributed by atoms with Crippen molar-refractivity contribution in [3.8, 4) is 5.75 Å². The van der Waals surface area contributed by atoms with Crippen molar-refractivity contribution >= 4 is 11.6 Å². The Morgan fingerprint density at radius 2 is 1.67 bits per heavy atom. The minimum Gasteiger partial charge on any atom is -0.497 e. The molecule has 1 nitrogen and oxygen atoms in total. The van der Waals surface area contributed by atoms with Crippen LogP contribution in [0.1, 0.15) is 19.4 Å². The summed E-state index contributed by atoms with van der Waals surface area (Å²) in [6.45, 7) is 3.94. The Morgan fingerprint density at radius 1 is 1.17 bits per heavy atom. The summed E-state index contributed by atoms with van der Waals surface area (Å²) in [5.74, 6) is 0.861. The predicted molar refractivity (Wildman–Crippen MR) is 51.9 cm³/mol. The van der Waals surface area contributed by atoms with Gasteiger partial charge >= 0.3 is 0 Å². The topological polar surface area (TPSA) is 9.23 Å². The predicted octanol–water partition coefficient (Wildman–Crippen LogP) is 3.17. The van der Waals surface area contributed by atoms with E-state index in [0.717, 1.165) is 11.3 Å². The molecule has 0 unspecified atom stereocenters. The van der Waals surface area contributed by atoms with Gasteiger partial charge in [-0.15, -0.1) is 11.6 Å². The lowest BCUT2D eigenvalue weighted by Gasteiger charge is -2.16. The fourth-order valence-electron chi connectivity index (χ4n) is 0.987. The van der Waals surface area contributed by atoms with Crippen molar-refractivity contribution in [1.82, 2.24) is 0 Å². The average molecular weight is 185 g/mol. The van der Waals surface area contributed by atoms with Crippen molar-refractivity contribution in [2.45, 2.75) is 18.7 Å². The fourth-order valence-corrected chi connectivity index (χ4v) is 1.11. The second-order valence-corrected chi connectivity index (χ2v) is 4.15. The van der Waals surface area contributed by atoms with Crippen molar-refractivity contribution < 1.29 is 4.74 Å². The molecule has 2 heteroatoms. The molecule has 0 spiro atoms. The van der Waals surface area contributed by atoms with Gasteiger partial charge in [0.05, 0.1) is 12.0 Å². The Hall–Kier alpha value is -0.690. The van der Waals surface area contributed by atoms with E-state index in [4.69, 9.17) is 16.3 Å². The lowest BCUT2D eigenvalue weighted by atomic mass is 10.0. The van der Waals surface area contributed by atoms with E-state index in [1.54, 1.807) is 7.11 Å². The Labute approximate surface area is 78.3 Å². The molecule has 0 atom stereocenters. The van der Waals surface area contributed by atoms with Crippen molar-refractivity contribution in [2.24, 2.45) is 0 Å². The van der Waals surface area contributed by atoms with Gasteiger partial charge in [-0.05, 0) is 31.5 Å². The molecule has 0 heterocycles. The van der Waals surface area contributed by atoms with Gasteiger partial charge < -0.3 is 4.74 Å². The van der Waals surface area contributed by atoms with Crippen LogP contribution in [0.3, 0.4) is 0 Å². The molecule has 1 rings (SSSR count). The maximum atomic E-state index is 6.11. The Bertz CT molecular complexity index is 246. The van der Waals surface area contributed by atoms with E-state index in [9.17, 15) is 0 Å². The van der Waals surface area contributed by atoms with Crippen LogP contribution in [0.2, 0.25) is 0 Å². The first-order valence-electron chi connectivity index (χ1n) is 3.87. The van der Waals surface area contributed by atoms with Crippen LogP contribution in [0.5, 0.6) is 5.75 Å². The summed E-state index contributed by atoms with van der Waals surface area (Å²) >= 11 is 6.11. The average Bonchev–Trinajstić information content (AvgIpc) is 2.03. The maximum Gasteiger partial charge on any atom is 0.118 e. The zero-order valence-corrected chi connectivity index (χ0v) is 8.35.